The SMILES string of the molecule is Cc1ccc(CN2Cc3ccccc3C2=O)c(C(F)(F)F)c1. The third-order valence-corrected chi connectivity index (χ3v) is 3.83. The third kappa shape index (κ3) is 2.58. The number of carbonyl (C=O) groups is 1. The van der Waals surface area contributed by atoms with E-state index in [0.717, 1.165) is 11.6 Å². The van der Waals surface area contributed by atoms with Gasteiger partial charge in [-0.05, 0) is 30.2 Å². The summed E-state index contributed by atoms with van der Waals surface area (Å²) in [5.74, 6) is -0.218. The number of hydrogen-bond donors (Lipinski definition) is 0. The molecule has 0 spiro atoms. The van der Waals surface area contributed by atoms with Gasteiger partial charge in [-0.25, -0.2) is 0 Å². The van der Waals surface area contributed by atoms with E-state index in [1.165, 1.54) is 11.0 Å². The zero-order valence-electron chi connectivity index (χ0n) is 11.9. The van der Waals surface area contributed by atoms with Crippen molar-refractivity contribution in [2.24, 2.45) is 0 Å². The number of fused-ring (bicyclic) bond motifs is 1. The number of nitrogens with zero attached hydrogens (tertiary/aromatic N) is 1. The van der Waals surface area contributed by atoms with Gasteiger partial charge in [0.15, 0.2) is 0 Å². The zero-order valence-corrected chi connectivity index (χ0v) is 11.9. The van der Waals surface area contributed by atoms with Crippen LogP contribution < -0.4 is 0 Å². The molecule has 0 aromatic heterocycles. The predicted molar refractivity (Wildman–Crippen MR) is 76.2 cm³/mol. The fourth-order valence-electron chi connectivity index (χ4n) is 2.74. The average Bonchev–Trinajstić information content (AvgIpc) is 2.77. The molecule has 2 aromatic rings. The number of aryl methyl sites for hydroxylation is 1. The second-order valence-electron chi connectivity index (χ2n) is 5.48. The van der Waals surface area contributed by atoms with Gasteiger partial charge in [0.2, 0.25) is 0 Å². The van der Waals surface area contributed by atoms with Crippen molar-refractivity contribution < 1.29 is 18.0 Å². The number of amides is 1. The van der Waals surface area contributed by atoms with Gasteiger partial charge in [0.05, 0.1) is 5.56 Å². The van der Waals surface area contributed by atoms with Crippen LogP contribution in [0.1, 0.15) is 32.6 Å². The summed E-state index contributed by atoms with van der Waals surface area (Å²) < 4.78 is 39.5. The first-order valence-corrected chi connectivity index (χ1v) is 6.90. The van der Waals surface area contributed by atoms with E-state index in [-0.39, 0.29) is 18.0 Å². The molecule has 1 aliphatic heterocycles. The molecule has 0 saturated carbocycles. The van der Waals surface area contributed by atoms with Crippen molar-refractivity contribution in [1.82, 2.24) is 4.90 Å². The summed E-state index contributed by atoms with van der Waals surface area (Å²) in [6, 6.07) is 11.3. The van der Waals surface area contributed by atoms with E-state index >= 15 is 0 Å². The Labute approximate surface area is 126 Å². The Kier molecular flexibility index (Phi) is 3.43. The van der Waals surface area contributed by atoms with Gasteiger partial charge in [-0.1, -0.05) is 35.9 Å². The van der Waals surface area contributed by atoms with E-state index in [2.05, 4.69) is 0 Å². The number of hydrogen-bond acceptors (Lipinski definition) is 1. The molecule has 0 fully saturated rings. The molecule has 0 atom stereocenters. The van der Waals surface area contributed by atoms with Crippen molar-refractivity contribution in [2.45, 2.75) is 26.2 Å². The lowest BCUT2D eigenvalue weighted by Crippen LogP contribution is -2.25. The van der Waals surface area contributed by atoms with Crippen LogP contribution in [0.25, 0.3) is 0 Å². The normalized spacial score (nSPS) is 14.4. The minimum Gasteiger partial charge on any atom is -0.330 e. The minimum absolute atomic E-state index is 0.0391. The van der Waals surface area contributed by atoms with E-state index < -0.39 is 11.7 Å². The molecule has 0 radical (unpaired) electrons. The van der Waals surface area contributed by atoms with Crippen LogP contribution in [0.5, 0.6) is 0 Å². The fraction of sp³-hybridized carbons (Fsp3) is 0.235. The van der Waals surface area contributed by atoms with Crippen LogP contribution in [-0.4, -0.2) is 10.8 Å². The number of benzene rings is 2. The molecular weight excluding hydrogens is 291 g/mol. The van der Waals surface area contributed by atoms with Crippen molar-refractivity contribution in [2.75, 3.05) is 0 Å². The zero-order chi connectivity index (χ0) is 15.9. The second kappa shape index (κ2) is 5.16. The lowest BCUT2D eigenvalue weighted by molar-refractivity contribution is -0.138. The Morgan fingerprint density at radius 1 is 1.14 bits per heavy atom. The maximum Gasteiger partial charge on any atom is 0.416 e. The van der Waals surface area contributed by atoms with Crippen LogP contribution in [0.15, 0.2) is 42.5 Å². The Balaban J connectivity index is 1.91. The Morgan fingerprint density at radius 2 is 1.86 bits per heavy atom. The molecular formula is C17H14F3NO. The molecule has 2 nitrogen and oxygen atoms in total. The van der Waals surface area contributed by atoms with Crippen LogP contribution in [0.4, 0.5) is 13.2 Å². The van der Waals surface area contributed by atoms with Crippen molar-refractivity contribution in [3.63, 3.8) is 0 Å². The monoisotopic (exact) mass is 305 g/mol. The van der Waals surface area contributed by atoms with E-state index in [1.807, 2.05) is 12.1 Å². The van der Waals surface area contributed by atoms with E-state index in [9.17, 15) is 18.0 Å². The van der Waals surface area contributed by atoms with Crippen LogP contribution in [0.3, 0.4) is 0 Å². The molecule has 0 bridgehead atoms. The first-order valence-electron chi connectivity index (χ1n) is 6.90. The fourth-order valence-corrected chi connectivity index (χ4v) is 2.74. The quantitative estimate of drug-likeness (QED) is 0.815. The van der Waals surface area contributed by atoms with Gasteiger partial charge in [-0.2, -0.15) is 13.2 Å². The lowest BCUT2D eigenvalue weighted by atomic mass is 10.0. The summed E-state index contributed by atoms with van der Waals surface area (Å²) in [6.45, 7) is 1.93. The maximum atomic E-state index is 13.2. The first kappa shape index (κ1) is 14.6. The highest BCUT2D eigenvalue weighted by Crippen LogP contribution is 2.34. The summed E-state index contributed by atoms with van der Waals surface area (Å²) in [4.78, 5) is 13.7. The van der Waals surface area contributed by atoms with Crippen LogP contribution in [-0.2, 0) is 19.3 Å². The number of rotatable bonds is 2. The van der Waals surface area contributed by atoms with Gasteiger partial charge in [0.1, 0.15) is 0 Å². The number of halogens is 3. The van der Waals surface area contributed by atoms with Crippen molar-refractivity contribution >= 4 is 5.91 Å². The molecule has 3 rings (SSSR count). The van der Waals surface area contributed by atoms with Crippen molar-refractivity contribution in [3.8, 4) is 0 Å². The average molecular weight is 305 g/mol. The molecule has 1 heterocycles. The minimum atomic E-state index is -4.42. The predicted octanol–water partition coefficient (Wildman–Crippen LogP) is 4.17. The third-order valence-electron chi connectivity index (χ3n) is 3.83. The van der Waals surface area contributed by atoms with E-state index in [4.69, 9.17) is 0 Å². The molecule has 5 heteroatoms. The highest BCUT2D eigenvalue weighted by Gasteiger charge is 2.35. The first-order chi connectivity index (χ1) is 10.4. The standard InChI is InChI=1S/C17H14F3NO/c1-11-6-7-13(15(8-11)17(18,19)20)10-21-9-12-4-2-3-5-14(12)16(21)22/h2-8H,9-10H2,1H3. The van der Waals surface area contributed by atoms with Gasteiger partial charge < -0.3 is 4.90 Å². The van der Waals surface area contributed by atoms with E-state index in [0.29, 0.717) is 17.7 Å². The Hall–Kier alpha value is -2.30. The summed E-state index contributed by atoms with van der Waals surface area (Å²) in [7, 11) is 0. The number of carbonyl (C=O) groups excluding carboxylic acids is 1. The molecule has 1 aliphatic rings. The van der Waals surface area contributed by atoms with Gasteiger partial charge in [-0.15, -0.1) is 0 Å². The van der Waals surface area contributed by atoms with Gasteiger partial charge in [0, 0.05) is 18.7 Å². The number of alkyl halides is 3. The summed E-state index contributed by atoms with van der Waals surface area (Å²) in [6.07, 6.45) is -4.42. The highest BCUT2D eigenvalue weighted by molar-refractivity contribution is 5.98. The summed E-state index contributed by atoms with van der Waals surface area (Å²) in [5, 5.41) is 0. The van der Waals surface area contributed by atoms with Gasteiger partial charge >= 0.3 is 6.18 Å². The van der Waals surface area contributed by atoms with Gasteiger partial charge in [-0.3, -0.25) is 4.79 Å². The molecule has 1 amide bonds. The van der Waals surface area contributed by atoms with Crippen molar-refractivity contribution in [1.29, 1.82) is 0 Å². The van der Waals surface area contributed by atoms with Crippen LogP contribution >= 0.6 is 0 Å². The molecule has 114 valence electrons. The molecule has 0 saturated heterocycles. The summed E-state index contributed by atoms with van der Waals surface area (Å²) >= 11 is 0. The molecule has 0 N–H and O–H groups in total. The van der Waals surface area contributed by atoms with Gasteiger partial charge in [0.25, 0.3) is 5.91 Å². The second-order valence-corrected chi connectivity index (χ2v) is 5.48. The Morgan fingerprint density at radius 3 is 2.55 bits per heavy atom. The summed E-state index contributed by atoms with van der Waals surface area (Å²) in [5.41, 5.74) is 1.43. The highest BCUT2D eigenvalue weighted by atomic mass is 19.4. The topological polar surface area (TPSA) is 20.3 Å². The largest absolute Gasteiger partial charge is 0.416 e. The lowest BCUT2D eigenvalue weighted by Gasteiger charge is -2.20. The van der Waals surface area contributed by atoms with Crippen molar-refractivity contribution in [3.05, 3.63) is 70.3 Å². The molecule has 0 aliphatic carbocycles. The van der Waals surface area contributed by atoms with Crippen LogP contribution in [0.2, 0.25) is 0 Å². The maximum absolute atomic E-state index is 13.2. The molecule has 2 aromatic carbocycles. The molecule has 22 heavy (non-hydrogen) atoms. The smallest absolute Gasteiger partial charge is 0.330 e. The van der Waals surface area contributed by atoms with E-state index in [1.54, 1.807) is 25.1 Å². The van der Waals surface area contributed by atoms with Crippen LogP contribution in [0, 0.1) is 6.92 Å². The molecule has 0 unspecified atom stereocenters. The Bertz CT molecular complexity index is 737.